The Bertz CT molecular complexity index is 1120. The van der Waals surface area contributed by atoms with E-state index in [1.54, 1.807) is 38.4 Å². The smallest absolute Gasteiger partial charge is 0.260 e. The molecule has 34 heavy (non-hydrogen) atoms. The quantitative estimate of drug-likeness (QED) is 0.454. The van der Waals surface area contributed by atoms with Gasteiger partial charge in [-0.1, -0.05) is 17.4 Å². The first-order chi connectivity index (χ1) is 16.5. The monoisotopic (exact) mass is 485 g/mol. The van der Waals surface area contributed by atoms with Gasteiger partial charge in [-0.15, -0.1) is 0 Å². The molecular formula is C25H31N3O5S. The maximum absolute atomic E-state index is 13.8. The van der Waals surface area contributed by atoms with Gasteiger partial charge in [0, 0.05) is 31.7 Å². The molecule has 9 heteroatoms. The molecule has 0 unspecified atom stereocenters. The number of aryl methyl sites for hydroxylation is 1. The van der Waals surface area contributed by atoms with Crippen LogP contribution < -0.4 is 19.1 Å². The van der Waals surface area contributed by atoms with Crippen molar-refractivity contribution in [3.8, 4) is 17.2 Å². The molecule has 0 aliphatic carbocycles. The molecule has 182 valence electrons. The Hall–Kier alpha value is -2.88. The van der Waals surface area contributed by atoms with E-state index in [0.29, 0.717) is 34.5 Å². The Morgan fingerprint density at radius 2 is 1.79 bits per heavy atom. The lowest BCUT2D eigenvalue weighted by molar-refractivity contribution is 0.0376. The van der Waals surface area contributed by atoms with Crippen LogP contribution in [-0.2, 0) is 4.74 Å². The van der Waals surface area contributed by atoms with E-state index in [1.807, 2.05) is 12.1 Å². The summed E-state index contributed by atoms with van der Waals surface area (Å²) in [4.78, 5) is 22.7. The highest BCUT2D eigenvalue weighted by atomic mass is 32.1. The van der Waals surface area contributed by atoms with E-state index < -0.39 is 0 Å². The fourth-order valence-electron chi connectivity index (χ4n) is 4.06. The minimum atomic E-state index is -0.156. The molecule has 1 aliphatic rings. The number of aromatic nitrogens is 1. The Balaban J connectivity index is 1.65. The molecule has 4 rings (SSSR count). The first kappa shape index (κ1) is 24.3. The summed E-state index contributed by atoms with van der Waals surface area (Å²) in [6.45, 7) is 6.84. The predicted molar refractivity (Wildman–Crippen MR) is 134 cm³/mol. The van der Waals surface area contributed by atoms with E-state index >= 15 is 0 Å². The van der Waals surface area contributed by atoms with Crippen molar-refractivity contribution in [1.82, 2.24) is 9.88 Å². The number of carbonyl (C=O) groups is 1. The summed E-state index contributed by atoms with van der Waals surface area (Å²) in [5.41, 5.74) is 2.51. The van der Waals surface area contributed by atoms with Crippen LogP contribution in [0.25, 0.3) is 10.2 Å². The molecule has 1 aliphatic heterocycles. The summed E-state index contributed by atoms with van der Waals surface area (Å²) in [7, 11) is 4.63. The predicted octanol–water partition coefficient (Wildman–Crippen LogP) is 4.00. The standard InChI is InChI=1S/C25H31N3O5S/c1-17-6-7-19-22(14-17)34-25(26-19)28(9-5-8-27-10-12-33-13-11-27)24(29)18-15-20(30-2)23(32-4)21(16-18)31-3/h6-7,14-16H,5,8-13H2,1-4H3. The molecule has 1 fully saturated rings. The Kier molecular flexibility index (Phi) is 7.87. The van der Waals surface area contributed by atoms with Gasteiger partial charge in [-0.3, -0.25) is 14.6 Å². The van der Waals surface area contributed by atoms with Crippen molar-refractivity contribution in [2.24, 2.45) is 0 Å². The summed E-state index contributed by atoms with van der Waals surface area (Å²) in [6, 6.07) is 9.52. The van der Waals surface area contributed by atoms with Crippen molar-refractivity contribution in [3.05, 3.63) is 41.5 Å². The first-order valence-electron chi connectivity index (χ1n) is 11.3. The van der Waals surface area contributed by atoms with Crippen molar-refractivity contribution >= 4 is 32.6 Å². The van der Waals surface area contributed by atoms with Crippen LogP contribution in [0.4, 0.5) is 5.13 Å². The number of nitrogens with zero attached hydrogens (tertiary/aromatic N) is 3. The molecule has 0 spiro atoms. The third-order valence-corrected chi connectivity index (χ3v) is 6.92. The van der Waals surface area contributed by atoms with Crippen LogP contribution in [0.5, 0.6) is 17.2 Å². The summed E-state index contributed by atoms with van der Waals surface area (Å²) in [5.74, 6) is 1.18. The van der Waals surface area contributed by atoms with Crippen LogP contribution in [0, 0.1) is 6.92 Å². The van der Waals surface area contributed by atoms with Crippen molar-refractivity contribution in [1.29, 1.82) is 0 Å². The number of amides is 1. The van der Waals surface area contributed by atoms with E-state index in [1.165, 1.54) is 11.3 Å². The molecule has 1 aromatic heterocycles. The molecule has 0 N–H and O–H groups in total. The molecule has 2 heterocycles. The number of methoxy groups -OCH3 is 3. The number of rotatable bonds is 9. The Morgan fingerprint density at radius 1 is 1.09 bits per heavy atom. The minimum absolute atomic E-state index is 0.156. The van der Waals surface area contributed by atoms with Gasteiger partial charge < -0.3 is 18.9 Å². The number of morpholine rings is 1. The number of fused-ring (bicyclic) bond motifs is 1. The molecule has 1 amide bonds. The molecule has 0 saturated carbocycles. The van der Waals surface area contributed by atoms with Gasteiger partial charge in [0.2, 0.25) is 5.75 Å². The second-order valence-electron chi connectivity index (χ2n) is 8.15. The highest BCUT2D eigenvalue weighted by molar-refractivity contribution is 7.22. The molecule has 0 atom stereocenters. The van der Waals surface area contributed by atoms with E-state index in [9.17, 15) is 4.79 Å². The van der Waals surface area contributed by atoms with Crippen molar-refractivity contribution < 1.29 is 23.7 Å². The number of hydrogen-bond acceptors (Lipinski definition) is 8. The highest BCUT2D eigenvalue weighted by Gasteiger charge is 2.25. The van der Waals surface area contributed by atoms with E-state index in [2.05, 4.69) is 17.9 Å². The Morgan fingerprint density at radius 3 is 2.44 bits per heavy atom. The number of carbonyl (C=O) groups excluding carboxylic acids is 1. The topological polar surface area (TPSA) is 73.4 Å². The molecule has 0 radical (unpaired) electrons. The highest BCUT2D eigenvalue weighted by Crippen LogP contribution is 2.39. The van der Waals surface area contributed by atoms with Crippen LogP contribution >= 0.6 is 11.3 Å². The zero-order valence-electron chi connectivity index (χ0n) is 20.1. The minimum Gasteiger partial charge on any atom is -0.493 e. The number of benzene rings is 2. The average Bonchev–Trinajstić information content (AvgIpc) is 3.28. The molecular weight excluding hydrogens is 454 g/mol. The van der Waals surface area contributed by atoms with E-state index in [0.717, 1.165) is 55.0 Å². The largest absolute Gasteiger partial charge is 0.493 e. The zero-order chi connectivity index (χ0) is 24.1. The number of ether oxygens (including phenoxy) is 4. The molecule has 0 bridgehead atoms. The summed E-state index contributed by atoms with van der Waals surface area (Å²) >= 11 is 1.53. The van der Waals surface area contributed by atoms with Gasteiger partial charge in [0.1, 0.15) is 0 Å². The zero-order valence-corrected chi connectivity index (χ0v) is 20.9. The van der Waals surface area contributed by atoms with Gasteiger partial charge in [0.05, 0.1) is 44.8 Å². The van der Waals surface area contributed by atoms with Crippen molar-refractivity contribution in [2.75, 3.05) is 65.6 Å². The fraction of sp³-hybridized carbons (Fsp3) is 0.440. The molecule has 3 aromatic rings. The van der Waals surface area contributed by atoms with Crippen LogP contribution in [0.15, 0.2) is 30.3 Å². The maximum atomic E-state index is 13.8. The third-order valence-electron chi connectivity index (χ3n) is 5.88. The lowest BCUT2D eigenvalue weighted by Gasteiger charge is -2.28. The first-order valence-corrected chi connectivity index (χ1v) is 12.1. The number of thiazole rings is 1. The molecule has 2 aromatic carbocycles. The second kappa shape index (κ2) is 11.0. The van der Waals surface area contributed by atoms with Crippen LogP contribution in [-0.4, -0.2) is 76.5 Å². The normalized spacial score (nSPS) is 14.2. The number of hydrogen-bond donors (Lipinski definition) is 0. The fourth-order valence-corrected chi connectivity index (χ4v) is 5.14. The second-order valence-corrected chi connectivity index (χ2v) is 9.16. The van der Waals surface area contributed by atoms with Crippen LogP contribution in [0.1, 0.15) is 22.3 Å². The van der Waals surface area contributed by atoms with Gasteiger partial charge in [-0.05, 0) is 43.2 Å². The third kappa shape index (κ3) is 5.27. The Labute approximate surface area is 204 Å². The van der Waals surface area contributed by atoms with Gasteiger partial charge in [0.25, 0.3) is 5.91 Å². The average molecular weight is 486 g/mol. The number of anilines is 1. The van der Waals surface area contributed by atoms with E-state index in [-0.39, 0.29) is 5.91 Å². The summed E-state index contributed by atoms with van der Waals surface area (Å²) in [5, 5.41) is 0.682. The van der Waals surface area contributed by atoms with Crippen molar-refractivity contribution in [3.63, 3.8) is 0 Å². The maximum Gasteiger partial charge on any atom is 0.260 e. The van der Waals surface area contributed by atoms with Gasteiger partial charge in [-0.2, -0.15) is 0 Å². The van der Waals surface area contributed by atoms with Crippen LogP contribution in [0.3, 0.4) is 0 Å². The van der Waals surface area contributed by atoms with Crippen molar-refractivity contribution in [2.45, 2.75) is 13.3 Å². The lowest BCUT2D eigenvalue weighted by Crippen LogP contribution is -2.39. The van der Waals surface area contributed by atoms with Crippen LogP contribution in [0.2, 0.25) is 0 Å². The SMILES string of the molecule is COc1cc(C(=O)N(CCCN2CCOCC2)c2nc3ccc(C)cc3s2)cc(OC)c1OC. The van der Waals surface area contributed by atoms with Gasteiger partial charge >= 0.3 is 0 Å². The van der Waals surface area contributed by atoms with E-state index in [4.69, 9.17) is 23.9 Å². The molecule has 8 nitrogen and oxygen atoms in total. The molecule has 1 saturated heterocycles. The van der Waals surface area contributed by atoms with Gasteiger partial charge in [-0.25, -0.2) is 4.98 Å². The summed E-state index contributed by atoms with van der Waals surface area (Å²) < 4.78 is 22.9. The summed E-state index contributed by atoms with van der Waals surface area (Å²) in [6.07, 6.45) is 0.825. The lowest BCUT2D eigenvalue weighted by atomic mass is 10.1. The van der Waals surface area contributed by atoms with Gasteiger partial charge in [0.15, 0.2) is 16.6 Å².